The molecule has 0 saturated heterocycles. The Labute approximate surface area is 98.7 Å². The molecule has 1 unspecified atom stereocenters. The lowest BCUT2D eigenvalue weighted by Crippen LogP contribution is -2.29. The average Bonchev–Trinajstić information content (AvgIpc) is 2.36. The maximum Gasteiger partial charge on any atom is 0.128 e. The van der Waals surface area contributed by atoms with Gasteiger partial charge in [-0.3, -0.25) is 5.84 Å². The number of halogens is 1. The second-order valence-corrected chi connectivity index (χ2v) is 3.80. The Balaban J connectivity index is 2.46. The zero-order valence-corrected chi connectivity index (χ0v) is 9.39. The predicted molar refractivity (Wildman–Crippen MR) is 62.3 cm³/mol. The van der Waals surface area contributed by atoms with Crippen LogP contribution in [-0.2, 0) is 0 Å². The normalized spacial score (nSPS) is 12.4. The fourth-order valence-electron chi connectivity index (χ4n) is 1.72. The summed E-state index contributed by atoms with van der Waals surface area (Å²) in [4.78, 5) is 0. The number of nitrogens with two attached hydrogens (primary N) is 1. The summed E-state index contributed by atoms with van der Waals surface area (Å²) in [5.74, 6) is 5.19. The number of benzene rings is 1. The van der Waals surface area contributed by atoms with Gasteiger partial charge in [0, 0.05) is 11.8 Å². The van der Waals surface area contributed by atoms with E-state index in [-0.39, 0.29) is 5.82 Å². The van der Waals surface area contributed by atoms with Crippen LogP contribution in [0.4, 0.5) is 4.39 Å². The number of hydrazine groups is 1. The molecule has 2 aromatic rings. The molecule has 0 amide bonds. The SMILES string of the molecule is Cc1ccc(F)c(C(NN)c2ccnnc2)c1. The lowest BCUT2D eigenvalue weighted by Gasteiger charge is -2.17. The molecule has 1 aromatic heterocycles. The second kappa shape index (κ2) is 4.99. The minimum Gasteiger partial charge on any atom is -0.271 e. The number of aromatic nitrogens is 2. The highest BCUT2D eigenvalue weighted by Crippen LogP contribution is 2.23. The Morgan fingerprint density at radius 1 is 1.29 bits per heavy atom. The smallest absolute Gasteiger partial charge is 0.128 e. The summed E-state index contributed by atoms with van der Waals surface area (Å²) in [6.45, 7) is 1.90. The van der Waals surface area contributed by atoms with Crippen molar-refractivity contribution >= 4 is 0 Å². The standard InChI is InChI=1S/C12H13FN4/c1-8-2-3-11(13)10(6-8)12(17-14)9-4-5-15-16-7-9/h2-7,12,17H,14H2,1H3. The summed E-state index contributed by atoms with van der Waals surface area (Å²) in [5, 5.41) is 7.45. The van der Waals surface area contributed by atoms with E-state index in [2.05, 4.69) is 15.6 Å². The third kappa shape index (κ3) is 2.46. The zero-order valence-electron chi connectivity index (χ0n) is 9.39. The van der Waals surface area contributed by atoms with Gasteiger partial charge < -0.3 is 0 Å². The van der Waals surface area contributed by atoms with E-state index in [0.29, 0.717) is 5.56 Å². The van der Waals surface area contributed by atoms with Gasteiger partial charge in [0.25, 0.3) is 0 Å². The van der Waals surface area contributed by atoms with Crippen LogP contribution in [0.25, 0.3) is 0 Å². The van der Waals surface area contributed by atoms with Crippen LogP contribution >= 0.6 is 0 Å². The summed E-state index contributed by atoms with van der Waals surface area (Å²) in [6, 6.07) is 6.24. The fourth-order valence-corrected chi connectivity index (χ4v) is 1.72. The summed E-state index contributed by atoms with van der Waals surface area (Å²) >= 11 is 0. The van der Waals surface area contributed by atoms with Gasteiger partial charge in [0.05, 0.1) is 12.2 Å². The highest BCUT2D eigenvalue weighted by Gasteiger charge is 2.16. The van der Waals surface area contributed by atoms with Gasteiger partial charge in [-0.1, -0.05) is 17.7 Å². The minimum absolute atomic E-state index is 0.296. The van der Waals surface area contributed by atoms with E-state index in [1.54, 1.807) is 30.6 Å². The summed E-state index contributed by atoms with van der Waals surface area (Å²) in [6.07, 6.45) is 3.11. The van der Waals surface area contributed by atoms with Gasteiger partial charge in [0.1, 0.15) is 5.82 Å². The molecule has 2 rings (SSSR count). The van der Waals surface area contributed by atoms with Crippen LogP contribution in [0, 0.1) is 12.7 Å². The first-order valence-corrected chi connectivity index (χ1v) is 5.21. The highest BCUT2D eigenvalue weighted by molar-refractivity contribution is 5.33. The van der Waals surface area contributed by atoms with Crippen LogP contribution in [0.1, 0.15) is 22.7 Å². The van der Waals surface area contributed by atoms with Crippen LogP contribution in [0.5, 0.6) is 0 Å². The molecule has 17 heavy (non-hydrogen) atoms. The van der Waals surface area contributed by atoms with E-state index in [1.165, 1.54) is 6.07 Å². The fraction of sp³-hybridized carbons (Fsp3) is 0.167. The highest BCUT2D eigenvalue weighted by atomic mass is 19.1. The number of aryl methyl sites for hydroxylation is 1. The van der Waals surface area contributed by atoms with E-state index in [4.69, 9.17) is 5.84 Å². The molecule has 88 valence electrons. The Morgan fingerprint density at radius 2 is 2.12 bits per heavy atom. The monoisotopic (exact) mass is 232 g/mol. The number of hydrogen-bond acceptors (Lipinski definition) is 4. The van der Waals surface area contributed by atoms with Crippen LogP contribution in [0.2, 0.25) is 0 Å². The molecule has 1 aromatic carbocycles. The molecule has 4 nitrogen and oxygen atoms in total. The van der Waals surface area contributed by atoms with Crippen LogP contribution < -0.4 is 11.3 Å². The third-order valence-corrected chi connectivity index (χ3v) is 2.57. The largest absolute Gasteiger partial charge is 0.271 e. The Kier molecular flexibility index (Phi) is 3.41. The van der Waals surface area contributed by atoms with Crippen molar-refractivity contribution in [2.75, 3.05) is 0 Å². The Bertz CT molecular complexity index is 501. The first-order chi connectivity index (χ1) is 8.22. The Hall–Kier alpha value is -1.85. The molecule has 0 spiro atoms. The van der Waals surface area contributed by atoms with E-state index >= 15 is 0 Å². The quantitative estimate of drug-likeness (QED) is 0.621. The molecule has 0 aliphatic heterocycles. The van der Waals surface area contributed by atoms with Crippen molar-refractivity contribution < 1.29 is 4.39 Å². The lowest BCUT2D eigenvalue weighted by atomic mass is 9.99. The van der Waals surface area contributed by atoms with Gasteiger partial charge in [0.2, 0.25) is 0 Å². The van der Waals surface area contributed by atoms with Gasteiger partial charge >= 0.3 is 0 Å². The van der Waals surface area contributed by atoms with Crippen LogP contribution in [-0.4, -0.2) is 10.2 Å². The lowest BCUT2D eigenvalue weighted by molar-refractivity contribution is 0.558. The van der Waals surface area contributed by atoms with E-state index in [1.807, 2.05) is 6.92 Å². The molecule has 1 atom stereocenters. The second-order valence-electron chi connectivity index (χ2n) is 3.80. The van der Waals surface area contributed by atoms with Gasteiger partial charge in [-0.05, 0) is 24.6 Å². The number of rotatable bonds is 3. The number of hydrogen-bond donors (Lipinski definition) is 2. The molecule has 0 saturated carbocycles. The molecule has 5 heteroatoms. The van der Waals surface area contributed by atoms with Gasteiger partial charge in [0.15, 0.2) is 0 Å². The van der Waals surface area contributed by atoms with Crippen molar-refractivity contribution in [1.29, 1.82) is 0 Å². The van der Waals surface area contributed by atoms with Crippen LogP contribution in [0.3, 0.4) is 0 Å². The van der Waals surface area contributed by atoms with Crippen LogP contribution in [0.15, 0.2) is 36.7 Å². The van der Waals surface area contributed by atoms with E-state index < -0.39 is 6.04 Å². The number of nitrogens with zero attached hydrogens (tertiary/aromatic N) is 2. The molecule has 0 fully saturated rings. The first-order valence-electron chi connectivity index (χ1n) is 5.21. The van der Waals surface area contributed by atoms with Gasteiger partial charge in [-0.2, -0.15) is 10.2 Å². The van der Waals surface area contributed by atoms with Crippen molar-refractivity contribution in [2.45, 2.75) is 13.0 Å². The van der Waals surface area contributed by atoms with E-state index in [9.17, 15) is 4.39 Å². The predicted octanol–water partition coefficient (Wildman–Crippen LogP) is 1.48. The molecule has 1 heterocycles. The Morgan fingerprint density at radius 3 is 2.76 bits per heavy atom. The van der Waals surface area contributed by atoms with Gasteiger partial charge in [-0.15, -0.1) is 0 Å². The molecular formula is C12H13FN4. The average molecular weight is 232 g/mol. The molecular weight excluding hydrogens is 219 g/mol. The van der Waals surface area contributed by atoms with Crippen molar-refractivity contribution in [3.63, 3.8) is 0 Å². The molecule has 0 aliphatic rings. The van der Waals surface area contributed by atoms with Crippen molar-refractivity contribution in [3.05, 3.63) is 59.2 Å². The molecule has 0 bridgehead atoms. The number of nitrogens with one attached hydrogen (secondary N) is 1. The topological polar surface area (TPSA) is 63.8 Å². The minimum atomic E-state index is -0.426. The van der Waals surface area contributed by atoms with Gasteiger partial charge in [-0.25, -0.2) is 9.82 Å². The first kappa shape index (κ1) is 11.6. The summed E-state index contributed by atoms with van der Waals surface area (Å²) in [5.41, 5.74) is 4.84. The molecule has 0 radical (unpaired) electrons. The molecule has 3 N–H and O–H groups in total. The summed E-state index contributed by atoms with van der Waals surface area (Å²) < 4.78 is 13.8. The maximum absolute atomic E-state index is 13.8. The van der Waals surface area contributed by atoms with E-state index in [0.717, 1.165) is 11.1 Å². The maximum atomic E-state index is 13.8. The summed E-state index contributed by atoms with van der Waals surface area (Å²) in [7, 11) is 0. The molecule has 0 aliphatic carbocycles. The van der Waals surface area contributed by atoms with Crippen molar-refractivity contribution in [3.8, 4) is 0 Å². The zero-order chi connectivity index (χ0) is 12.3. The van der Waals surface area contributed by atoms with Crippen molar-refractivity contribution in [1.82, 2.24) is 15.6 Å². The van der Waals surface area contributed by atoms with Crippen molar-refractivity contribution in [2.24, 2.45) is 5.84 Å². The third-order valence-electron chi connectivity index (χ3n) is 2.57.